The van der Waals surface area contributed by atoms with Crippen molar-refractivity contribution in [3.8, 4) is 0 Å². The van der Waals surface area contributed by atoms with Crippen LogP contribution in [-0.2, 0) is 9.53 Å². The number of ether oxygens (including phenoxy) is 1. The normalized spacial score (nSPS) is 27.1. The first kappa shape index (κ1) is 15.4. The van der Waals surface area contributed by atoms with Crippen LogP contribution in [-0.4, -0.2) is 42.1 Å². The maximum absolute atomic E-state index is 12.2. The molecule has 106 valence electrons. The Kier molecular flexibility index (Phi) is 5.17. The second-order valence-electron chi connectivity index (χ2n) is 6.79. The van der Waals surface area contributed by atoms with Gasteiger partial charge < -0.3 is 15.4 Å². The van der Waals surface area contributed by atoms with Gasteiger partial charge in [0, 0.05) is 25.6 Å². The van der Waals surface area contributed by atoms with Gasteiger partial charge in [0.1, 0.15) is 0 Å². The molecule has 4 nitrogen and oxygen atoms in total. The summed E-state index contributed by atoms with van der Waals surface area (Å²) >= 11 is 0. The molecule has 0 aromatic carbocycles. The minimum Gasteiger partial charge on any atom is -0.372 e. The molecule has 1 amide bonds. The largest absolute Gasteiger partial charge is 0.372 e. The molecule has 0 aliphatic carbocycles. The molecule has 1 fully saturated rings. The first-order valence-corrected chi connectivity index (χ1v) is 6.86. The van der Waals surface area contributed by atoms with Gasteiger partial charge in [-0.15, -0.1) is 0 Å². The van der Waals surface area contributed by atoms with Crippen molar-refractivity contribution in [2.45, 2.75) is 65.7 Å². The number of rotatable bonds is 3. The molecule has 0 aromatic rings. The quantitative estimate of drug-likeness (QED) is 0.837. The van der Waals surface area contributed by atoms with E-state index in [-0.39, 0.29) is 29.6 Å². The average Bonchev–Trinajstić information content (AvgIpc) is 2.12. The van der Waals surface area contributed by atoms with Crippen LogP contribution in [0.1, 0.15) is 47.5 Å². The third kappa shape index (κ3) is 5.36. The van der Waals surface area contributed by atoms with Gasteiger partial charge in [-0.25, -0.2) is 0 Å². The standard InChI is InChI=1S/C14H28N2O2/c1-10-8-16(9-11(2)18-10)13(17)6-12(15)7-14(3,4)5/h10-12H,6-9,15H2,1-5H3. The fourth-order valence-corrected chi connectivity index (χ4v) is 2.59. The Morgan fingerprint density at radius 3 is 2.28 bits per heavy atom. The molecule has 1 aliphatic heterocycles. The van der Waals surface area contributed by atoms with Crippen LogP contribution in [0.25, 0.3) is 0 Å². The first-order chi connectivity index (χ1) is 8.17. The predicted molar refractivity (Wildman–Crippen MR) is 73.3 cm³/mol. The van der Waals surface area contributed by atoms with Crippen LogP contribution in [0.2, 0.25) is 0 Å². The molecule has 2 N–H and O–H groups in total. The monoisotopic (exact) mass is 256 g/mol. The van der Waals surface area contributed by atoms with Crippen molar-refractivity contribution in [3.05, 3.63) is 0 Å². The van der Waals surface area contributed by atoms with E-state index in [0.29, 0.717) is 19.5 Å². The molecule has 0 saturated carbocycles. The van der Waals surface area contributed by atoms with Crippen LogP contribution in [0.15, 0.2) is 0 Å². The zero-order chi connectivity index (χ0) is 13.9. The molecule has 0 spiro atoms. The van der Waals surface area contributed by atoms with E-state index < -0.39 is 0 Å². The summed E-state index contributed by atoms with van der Waals surface area (Å²) in [5, 5.41) is 0. The lowest BCUT2D eigenvalue weighted by atomic mass is 9.87. The lowest BCUT2D eigenvalue weighted by Gasteiger charge is -2.36. The third-order valence-electron chi connectivity index (χ3n) is 3.08. The molecule has 1 rings (SSSR count). The molecular weight excluding hydrogens is 228 g/mol. The maximum atomic E-state index is 12.2. The van der Waals surface area contributed by atoms with Gasteiger partial charge in [0.25, 0.3) is 0 Å². The van der Waals surface area contributed by atoms with Gasteiger partial charge in [-0.3, -0.25) is 4.79 Å². The van der Waals surface area contributed by atoms with Gasteiger partial charge in [-0.05, 0) is 25.7 Å². The van der Waals surface area contributed by atoms with Gasteiger partial charge in [-0.1, -0.05) is 20.8 Å². The fraction of sp³-hybridized carbons (Fsp3) is 0.929. The Morgan fingerprint density at radius 1 is 1.33 bits per heavy atom. The predicted octanol–water partition coefficient (Wildman–Crippen LogP) is 1.78. The van der Waals surface area contributed by atoms with Crippen molar-refractivity contribution in [2.75, 3.05) is 13.1 Å². The third-order valence-corrected chi connectivity index (χ3v) is 3.08. The topological polar surface area (TPSA) is 55.6 Å². The van der Waals surface area contributed by atoms with E-state index in [9.17, 15) is 4.79 Å². The molecular formula is C14H28N2O2. The van der Waals surface area contributed by atoms with Crippen LogP contribution < -0.4 is 5.73 Å². The lowest BCUT2D eigenvalue weighted by molar-refractivity contribution is -0.143. The maximum Gasteiger partial charge on any atom is 0.224 e. The Bertz CT molecular complexity index is 276. The molecule has 0 radical (unpaired) electrons. The molecule has 0 bridgehead atoms. The summed E-state index contributed by atoms with van der Waals surface area (Å²) in [7, 11) is 0. The lowest BCUT2D eigenvalue weighted by Crippen LogP contribution is -2.49. The van der Waals surface area contributed by atoms with Crippen molar-refractivity contribution in [2.24, 2.45) is 11.1 Å². The van der Waals surface area contributed by atoms with E-state index >= 15 is 0 Å². The summed E-state index contributed by atoms with van der Waals surface area (Å²) in [6.07, 6.45) is 1.55. The summed E-state index contributed by atoms with van der Waals surface area (Å²) in [5.41, 5.74) is 6.23. The summed E-state index contributed by atoms with van der Waals surface area (Å²) < 4.78 is 5.63. The molecule has 3 unspecified atom stereocenters. The molecule has 3 atom stereocenters. The molecule has 1 heterocycles. The van der Waals surface area contributed by atoms with Gasteiger partial charge >= 0.3 is 0 Å². The van der Waals surface area contributed by atoms with Gasteiger partial charge in [0.2, 0.25) is 5.91 Å². The van der Waals surface area contributed by atoms with Crippen molar-refractivity contribution < 1.29 is 9.53 Å². The van der Waals surface area contributed by atoms with E-state index in [2.05, 4.69) is 20.8 Å². The average molecular weight is 256 g/mol. The van der Waals surface area contributed by atoms with E-state index in [4.69, 9.17) is 10.5 Å². The number of morpholine rings is 1. The molecule has 1 aliphatic rings. The Balaban J connectivity index is 2.45. The highest BCUT2D eigenvalue weighted by molar-refractivity contribution is 5.77. The summed E-state index contributed by atoms with van der Waals surface area (Å²) in [5.74, 6) is 0.161. The summed E-state index contributed by atoms with van der Waals surface area (Å²) in [4.78, 5) is 14.1. The van der Waals surface area contributed by atoms with Gasteiger partial charge in [-0.2, -0.15) is 0 Å². The van der Waals surface area contributed by atoms with Crippen LogP contribution >= 0.6 is 0 Å². The Hall–Kier alpha value is -0.610. The van der Waals surface area contributed by atoms with Gasteiger partial charge in [0.15, 0.2) is 0 Å². The minimum atomic E-state index is -0.0500. The minimum absolute atomic E-state index is 0.0500. The second-order valence-corrected chi connectivity index (χ2v) is 6.79. The SMILES string of the molecule is CC1CN(C(=O)CC(N)CC(C)(C)C)CC(C)O1. The van der Waals surface area contributed by atoms with Crippen molar-refractivity contribution in [1.29, 1.82) is 0 Å². The number of carbonyl (C=O) groups is 1. The first-order valence-electron chi connectivity index (χ1n) is 6.86. The summed E-state index contributed by atoms with van der Waals surface area (Å²) in [6, 6.07) is -0.0500. The number of carbonyl (C=O) groups excluding carboxylic acids is 1. The smallest absolute Gasteiger partial charge is 0.224 e. The molecule has 1 saturated heterocycles. The number of nitrogens with two attached hydrogens (primary N) is 1. The summed E-state index contributed by atoms with van der Waals surface area (Å²) in [6.45, 7) is 11.8. The highest BCUT2D eigenvalue weighted by Crippen LogP contribution is 2.22. The van der Waals surface area contributed by atoms with Crippen molar-refractivity contribution >= 4 is 5.91 Å². The van der Waals surface area contributed by atoms with Crippen LogP contribution in [0.4, 0.5) is 0 Å². The van der Waals surface area contributed by atoms with Crippen molar-refractivity contribution in [1.82, 2.24) is 4.90 Å². The number of nitrogens with zero attached hydrogens (tertiary/aromatic N) is 1. The zero-order valence-electron chi connectivity index (χ0n) is 12.4. The second kappa shape index (κ2) is 6.02. The number of hydrogen-bond acceptors (Lipinski definition) is 3. The zero-order valence-corrected chi connectivity index (χ0v) is 12.4. The molecule has 0 aromatic heterocycles. The number of hydrogen-bond donors (Lipinski definition) is 1. The fourth-order valence-electron chi connectivity index (χ4n) is 2.59. The van der Waals surface area contributed by atoms with E-state index in [1.165, 1.54) is 0 Å². The molecule has 4 heteroatoms. The van der Waals surface area contributed by atoms with E-state index in [0.717, 1.165) is 6.42 Å². The highest BCUT2D eigenvalue weighted by atomic mass is 16.5. The Morgan fingerprint density at radius 2 is 1.83 bits per heavy atom. The van der Waals surface area contributed by atoms with E-state index in [1.807, 2.05) is 18.7 Å². The highest BCUT2D eigenvalue weighted by Gasteiger charge is 2.27. The number of amides is 1. The van der Waals surface area contributed by atoms with Crippen LogP contribution in [0, 0.1) is 5.41 Å². The van der Waals surface area contributed by atoms with Crippen LogP contribution in [0.5, 0.6) is 0 Å². The van der Waals surface area contributed by atoms with Crippen LogP contribution in [0.3, 0.4) is 0 Å². The van der Waals surface area contributed by atoms with Gasteiger partial charge in [0.05, 0.1) is 12.2 Å². The van der Waals surface area contributed by atoms with E-state index in [1.54, 1.807) is 0 Å². The van der Waals surface area contributed by atoms with Crippen molar-refractivity contribution in [3.63, 3.8) is 0 Å². The Labute approximate surface area is 111 Å². The molecule has 18 heavy (non-hydrogen) atoms.